The van der Waals surface area contributed by atoms with E-state index in [1.807, 2.05) is 6.07 Å². The summed E-state index contributed by atoms with van der Waals surface area (Å²) in [4.78, 5) is 39.2. The Bertz CT molecular complexity index is 1430. The average Bonchev–Trinajstić information content (AvgIpc) is 3.30. The highest BCUT2D eigenvalue weighted by Gasteiger charge is 2.50. The van der Waals surface area contributed by atoms with Crippen molar-refractivity contribution in [3.63, 3.8) is 0 Å². The fourth-order valence-electron chi connectivity index (χ4n) is 6.51. The van der Waals surface area contributed by atoms with Gasteiger partial charge < -0.3 is 15.1 Å². The highest BCUT2D eigenvalue weighted by atomic mass is 19.1. The predicted octanol–water partition coefficient (Wildman–Crippen LogP) is 4.05. The number of hydrogen-bond donors (Lipinski definition) is 1. The second-order valence-electron chi connectivity index (χ2n) is 10.9. The highest BCUT2D eigenvalue weighted by molar-refractivity contribution is 5.99. The minimum Gasteiger partial charge on any atom is -0.368 e. The van der Waals surface area contributed by atoms with Crippen LogP contribution in [0.2, 0.25) is 0 Å². The number of nitrogens with one attached hydrogen (secondary N) is 1. The van der Waals surface area contributed by atoms with Crippen LogP contribution in [0.3, 0.4) is 0 Å². The zero-order valence-electron chi connectivity index (χ0n) is 21.0. The van der Waals surface area contributed by atoms with Gasteiger partial charge in [0.1, 0.15) is 11.5 Å². The lowest BCUT2D eigenvalue weighted by Gasteiger charge is -2.60. The van der Waals surface area contributed by atoms with Gasteiger partial charge in [-0.3, -0.25) is 14.2 Å². The van der Waals surface area contributed by atoms with E-state index in [1.165, 1.54) is 13.0 Å². The van der Waals surface area contributed by atoms with Gasteiger partial charge >= 0.3 is 0 Å². The van der Waals surface area contributed by atoms with Gasteiger partial charge in [0.2, 0.25) is 5.95 Å². The Morgan fingerprint density at radius 1 is 1.17 bits per heavy atom. The molecule has 188 valence electrons. The molecule has 1 aromatic carbocycles. The van der Waals surface area contributed by atoms with Crippen molar-refractivity contribution >= 4 is 34.1 Å². The van der Waals surface area contributed by atoms with Crippen molar-refractivity contribution in [3.05, 3.63) is 51.7 Å². The van der Waals surface area contributed by atoms with Gasteiger partial charge in [-0.05, 0) is 57.5 Å². The minimum absolute atomic E-state index is 0.00783. The zero-order chi connectivity index (χ0) is 25.2. The first-order valence-corrected chi connectivity index (χ1v) is 12.7. The molecule has 1 saturated carbocycles. The molecule has 1 aliphatic carbocycles. The summed E-state index contributed by atoms with van der Waals surface area (Å²) in [5.41, 5.74) is 2.52. The number of likely N-dealkylation sites (tertiary alicyclic amines) is 1. The highest BCUT2D eigenvalue weighted by Crippen LogP contribution is 2.42. The number of Topliss-reactive ketones (excluding diaryl/α,β-unsaturated/α-hetero) is 1. The first-order valence-electron chi connectivity index (χ1n) is 12.7. The van der Waals surface area contributed by atoms with Crippen LogP contribution in [0.1, 0.15) is 54.6 Å². The maximum absolute atomic E-state index is 15.0. The fourth-order valence-corrected chi connectivity index (χ4v) is 6.51. The molecular weight excluding hydrogens is 459 g/mol. The first-order chi connectivity index (χ1) is 17.2. The molecule has 3 aromatic rings. The van der Waals surface area contributed by atoms with Gasteiger partial charge in [0.25, 0.3) is 5.56 Å². The minimum atomic E-state index is -0.288. The number of aryl methyl sites for hydroxylation is 1. The van der Waals surface area contributed by atoms with E-state index in [-0.39, 0.29) is 34.7 Å². The van der Waals surface area contributed by atoms with Crippen LogP contribution in [0.25, 0.3) is 11.0 Å². The van der Waals surface area contributed by atoms with E-state index in [1.54, 1.807) is 23.8 Å². The Balaban J connectivity index is 1.31. The number of fused-ring (bicyclic) bond motifs is 1. The number of carbonyl (C=O) groups excluding carboxylic acids is 1. The van der Waals surface area contributed by atoms with E-state index in [4.69, 9.17) is 0 Å². The average molecular weight is 491 g/mol. The van der Waals surface area contributed by atoms with Gasteiger partial charge in [-0.15, -0.1) is 0 Å². The summed E-state index contributed by atoms with van der Waals surface area (Å²) in [6.45, 7) is 7.11. The van der Waals surface area contributed by atoms with Crippen LogP contribution in [0, 0.1) is 18.2 Å². The first kappa shape index (κ1) is 23.1. The van der Waals surface area contributed by atoms with Crippen LogP contribution in [-0.4, -0.2) is 58.4 Å². The van der Waals surface area contributed by atoms with Crippen LogP contribution < -0.4 is 15.8 Å². The van der Waals surface area contributed by atoms with Crippen LogP contribution in [0.4, 0.5) is 21.7 Å². The molecule has 0 bridgehead atoms. The Kier molecular flexibility index (Phi) is 5.37. The van der Waals surface area contributed by atoms with Crippen LogP contribution in [0.5, 0.6) is 0 Å². The smallest absolute Gasteiger partial charge is 0.263 e. The number of ketones is 1. The number of anilines is 3. The number of pyridine rings is 1. The molecule has 8 nitrogen and oxygen atoms in total. The van der Waals surface area contributed by atoms with Crippen LogP contribution in [-0.2, 0) is 0 Å². The summed E-state index contributed by atoms with van der Waals surface area (Å²) >= 11 is 0. The standard InChI is InChI=1S/C27H31FN6O2/c1-16-20-11-29-26(31-24(20)34(19-6-4-5-7-19)25(36)23(16)17(2)35)30-18-8-9-22(21(28)10-18)33-14-27(15-33)12-32(3)13-27/h8-11,19H,4-7,12-15H2,1-3H3,(H,29,30,31). The Hall–Kier alpha value is -3.33. The lowest BCUT2D eigenvalue weighted by Crippen LogP contribution is -2.71. The van der Waals surface area contributed by atoms with Crippen molar-refractivity contribution in [1.29, 1.82) is 0 Å². The summed E-state index contributed by atoms with van der Waals surface area (Å²) in [6, 6.07) is 5.10. The Morgan fingerprint density at radius 3 is 2.53 bits per heavy atom. The van der Waals surface area contributed by atoms with Crippen molar-refractivity contribution in [2.75, 3.05) is 43.4 Å². The van der Waals surface area contributed by atoms with E-state index in [9.17, 15) is 9.59 Å². The van der Waals surface area contributed by atoms with Gasteiger partial charge in [0.05, 0.1) is 11.3 Å². The number of halogens is 1. The van der Waals surface area contributed by atoms with E-state index >= 15 is 4.39 Å². The van der Waals surface area contributed by atoms with Crippen molar-refractivity contribution < 1.29 is 9.18 Å². The molecule has 2 aliphatic heterocycles. The maximum Gasteiger partial charge on any atom is 0.263 e. The third-order valence-corrected chi connectivity index (χ3v) is 8.06. The molecule has 2 aromatic heterocycles. The number of aromatic nitrogens is 3. The molecule has 36 heavy (non-hydrogen) atoms. The third kappa shape index (κ3) is 3.68. The number of carbonyl (C=O) groups is 1. The zero-order valence-corrected chi connectivity index (χ0v) is 21.0. The largest absolute Gasteiger partial charge is 0.368 e. The summed E-state index contributed by atoms with van der Waals surface area (Å²) in [5.74, 6) is -0.245. The Morgan fingerprint density at radius 2 is 1.89 bits per heavy atom. The number of rotatable bonds is 5. The van der Waals surface area contributed by atoms with Crippen molar-refractivity contribution in [1.82, 2.24) is 19.4 Å². The van der Waals surface area contributed by atoms with Gasteiger partial charge in [-0.25, -0.2) is 9.37 Å². The molecule has 2 saturated heterocycles. The lowest BCUT2D eigenvalue weighted by molar-refractivity contribution is -0.00270. The second kappa shape index (κ2) is 8.37. The predicted molar refractivity (Wildman–Crippen MR) is 138 cm³/mol. The number of benzene rings is 1. The van der Waals surface area contributed by atoms with Crippen molar-refractivity contribution in [2.24, 2.45) is 5.41 Å². The quantitative estimate of drug-likeness (QED) is 0.540. The van der Waals surface area contributed by atoms with E-state index in [2.05, 4.69) is 32.1 Å². The van der Waals surface area contributed by atoms with E-state index in [0.717, 1.165) is 51.9 Å². The Labute approximate surface area is 209 Å². The summed E-state index contributed by atoms with van der Waals surface area (Å²) in [5, 5.41) is 3.80. The van der Waals surface area contributed by atoms with Gasteiger partial charge in [0, 0.05) is 54.9 Å². The van der Waals surface area contributed by atoms with Crippen molar-refractivity contribution in [3.8, 4) is 0 Å². The summed E-state index contributed by atoms with van der Waals surface area (Å²) in [6.07, 6.45) is 5.49. The SMILES string of the molecule is CC(=O)c1c(C)c2cnc(Nc3ccc(N4CC5(CN(C)C5)C4)c(F)c3)nc2n(C2CCCC2)c1=O. The number of hydrogen-bond acceptors (Lipinski definition) is 7. The van der Waals surface area contributed by atoms with Gasteiger partial charge in [0.15, 0.2) is 5.78 Å². The van der Waals surface area contributed by atoms with Crippen LogP contribution in [0.15, 0.2) is 29.2 Å². The lowest BCUT2D eigenvalue weighted by atomic mass is 9.73. The topological polar surface area (TPSA) is 83.4 Å². The van der Waals surface area contributed by atoms with E-state index < -0.39 is 0 Å². The fraction of sp³-hybridized carbons (Fsp3) is 0.481. The van der Waals surface area contributed by atoms with Crippen LogP contribution >= 0.6 is 0 Å². The summed E-state index contributed by atoms with van der Waals surface area (Å²) < 4.78 is 16.7. The van der Waals surface area contributed by atoms with Gasteiger partial charge in [-0.1, -0.05) is 12.8 Å². The molecule has 0 radical (unpaired) electrons. The third-order valence-electron chi connectivity index (χ3n) is 8.06. The molecule has 3 fully saturated rings. The molecular formula is C27H31FN6O2. The second-order valence-corrected chi connectivity index (χ2v) is 10.9. The van der Waals surface area contributed by atoms with Gasteiger partial charge in [-0.2, -0.15) is 4.98 Å². The maximum atomic E-state index is 15.0. The molecule has 3 aliphatic rings. The number of nitrogens with zero attached hydrogens (tertiary/aromatic N) is 5. The van der Waals surface area contributed by atoms with E-state index in [0.29, 0.717) is 33.4 Å². The molecule has 6 rings (SSSR count). The molecule has 1 N–H and O–H groups in total. The molecule has 1 spiro atoms. The normalized spacial score (nSPS) is 19.5. The molecule has 0 unspecified atom stereocenters. The summed E-state index contributed by atoms with van der Waals surface area (Å²) in [7, 11) is 2.11. The molecule has 4 heterocycles. The molecule has 9 heteroatoms. The molecule has 0 amide bonds. The van der Waals surface area contributed by atoms with Crippen molar-refractivity contribution in [2.45, 2.75) is 45.6 Å². The molecule has 0 atom stereocenters. The monoisotopic (exact) mass is 490 g/mol.